The van der Waals surface area contributed by atoms with Crippen LogP contribution < -0.4 is 10.6 Å². The van der Waals surface area contributed by atoms with Crippen LogP contribution in [0.15, 0.2) is 18.2 Å². The summed E-state index contributed by atoms with van der Waals surface area (Å²) in [6.45, 7) is 9.03. The molecule has 0 atom stereocenters. The monoisotopic (exact) mass is 231 g/mol. The summed E-state index contributed by atoms with van der Waals surface area (Å²) in [5.74, 6) is 0. The molecule has 1 aromatic carbocycles. The normalized spacial score (nSPS) is 16.5. The summed E-state index contributed by atoms with van der Waals surface area (Å²) in [4.78, 5) is 2.47. The van der Waals surface area contributed by atoms with Crippen molar-refractivity contribution < 1.29 is 0 Å². The van der Waals surface area contributed by atoms with E-state index < -0.39 is 0 Å². The van der Waals surface area contributed by atoms with E-state index in [0.29, 0.717) is 0 Å². The molecule has 0 aliphatic carbocycles. The molecule has 1 heterocycles. The first-order chi connectivity index (χ1) is 7.96. The Morgan fingerprint density at radius 3 is 2.41 bits per heavy atom. The van der Waals surface area contributed by atoms with Crippen LogP contribution in [-0.4, -0.2) is 13.1 Å². The molecule has 0 aromatic heterocycles. The summed E-state index contributed by atoms with van der Waals surface area (Å²) >= 11 is 0. The average molecular weight is 231 g/mol. The van der Waals surface area contributed by atoms with E-state index in [0.717, 1.165) is 5.69 Å². The maximum absolute atomic E-state index is 5.91. The lowest BCUT2D eigenvalue weighted by Crippen LogP contribution is -2.20. The summed E-state index contributed by atoms with van der Waals surface area (Å²) in [6.07, 6.45) is 4.93. The molecule has 1 aliphatic heterocycles. The number of benzene rings is 1. The van der Waals surface area contributed by atoms with Gasteiger partial charge in [0.1, 0.15) is 0 Å². The first kappa shape index (κ1) is 12.3. The van der Waals surface area contributed by atoms with Gasteiger partial charge in [-0.3, -0.25) is 0 Å². The van der Waals surface area contributed by atoms with Crippen molar-refractivity contribution in [2.24, 2.45) is 5.41 Å². The van der Waals surface area contributed by atoms with E-state index in [1.165, 1.54) is 37.2 Å². The Morgan fingerprint density at radius 2 is 1.82 bits per heavy atom. The van der Waals surface area contributed by atoms with Crippen molar-refractivity contribution >= 4 is 11.4 Å². The van der Waals surface area contributed by atoms with Gasteiger partial charge in [0.15, 0.2) is 0 Å². The fourth-order valence-corrected chi connectivity index (χ4v) is 2.40. The van der Waals surface area contributed by atoms with Gasteiger partial charge in [0.05, 0.1) is 0 Å². The van der Waals surface area contributed by atoms with E-state index in [4.69, 9.17) is 5.73 Å². The molecule has 0 spiro atoms. The maximum Gasteiger partial charge on any atom is 0.0403 e. The zero-order chi connectivity index (χ0) is 12.5. The molecule has 1 aromatic rings. The predicted molar refractivity (Wildman–Crippen MR) is 75.2 cm³/mol. The van der Waals surface area contributed by atoms with Crippen LogP contribution in [0.1, 0.15) is 39.2 Å². The molecular formula is C15H23N2. The molecule has 93 valence electrons. The highest BCUT2D eigenvalue weighted by molar-refractivity contribution is 5.63. The highest BCUT2D eigenvalue weighted by Gasteiger charge is 2.19. The minimum absolute atomic E-state index is 0.183. The third kappa shape index (κ3) is 3.15. The lowest BCUT2D eigenvalue weighted by Gasteiger charge is -2.25. The number of anilines is 2. The second-order valence-corrected chi connectivity index (χ2v) is 6.02. The zero-order valence-electron chi connectivity index (χ0n) is 11.2. The van der Waals surface area contributed by atoms with Crippen LogP contribution in [0, 0.1) is 11.8 Å². The van der Waals surface area contributed by atoms with Crippen LogP contribution in [0.5, 0.6) is 0 Å². The third-order valence-electron chi connectivity index (χ3n) is 3.09. The fourth-order valence-electron chi connectivity index (χ4n) is 2.40. The molecule has 1 fully saturated rings. The van der Waals surface area contributed by atoms with Crippen molar-refractivity contribution in [3.63, 3.8) is 0 Å². The van der Waals surface area contributed by atoms with Crippen molar-refractivity contribution in [1.82, 2.24) is 0 Å². The van der Waals surface area contributed by atoms with Crippen LogP contribution >= 0.6 is 0 Å². The van der Waals surface area contributed by atoms with Crippen LogP contribution in [0.25, 0.3) is 0 Å². The molecule has 0 amide bonds. The molecule has 1 radical (unpaired) electrons. The first-order valence-corrected chi connectivity index (χ1v) is 6.46. The van der Waals surface area contributed by atoms with Crippen LogP contribution in [0.2, 0.25) is 0 Å². The third-order valence-corrected chi connectivity index (χ3v) is 3.09. The van der Waals surface area contributed by atoms with Gasteiger partial charge in [-0.2, -0.15) is 0 Å². The highest BCUT2D eigenvalue weighted by atomic mass is 15.1. The van der Waals surface area contributed by atoms with E-state index in [9.17, 15) is 0 Å². The highest BCUT2D eigenvalue weighted by Crippen LogP contribution is 2.33. The number of rotatable bonds is 2. The zero-order valence-corrected chi connectivity index (χ0v) is 11.2. The first-order valence-electron chi connectivity index (χ1n) is 6.46. The Hall–Kier alpha value is -1.18. The van der Waals surface area contributed by atoms with Crippen LogP contribution in [-0.2, 0) is 0 Å². The van der Waals surface area contributed by atoms with Crippen molar-refractivity contribution in [2.45, 2.75) is 33.6 Å². The van der Waals surface area contributed by atoms with Gasteiger partial charge in [-0.05, 0) is 48.4 Å². The van der Waals surface area contributed by atoms with Gasteiger partial charge in [0.2, 0.25) is 0 Å². The van der Waals surface area contributed by atoms with Gasteiger partial charge in [0, 0.05) is 24.5 Å². The van der Waals surface area contributed by atoms with Crippen molar-refractivity contribution in [3.05, 3.63) is 30.2 Å². The summed E-state index contributed by atoms with van der Waals surface area (Å²) in [7, 11) is 0. The SMILES string of the molecule is CC(C)(C)[CH]c1cc(N)ccc1N1CCCC1. The molecule has 2 nitrogen and oxygen atoms in total. The fraction of sp³-hybridized carbons (Fsp3) is 0.533. The number of hydrogen-bond donors (Lipinski definition) is 1. The standard InChI is InChI=1S/C15H23N2/c1-15(2,3)11-12-10-13(16)6-7-14(12)17-8-4-5-9-17/h6-7,10-11H,4-5,8-9,16H2,1-3H3. The van der Waals surface area contributed by atoms with Gasteiger partial charge >= 0.3 is 0 Å². The number of nitrogens with zero attached hydrogens (tertiary/aromatic N) is 1. The van der Waals surface area contributed by atoms with E-state index >= 15 is 0 Å². The van der Waals surface area contributed by atoms with E-state index in [1.54, 1.807) is 0 Å². The smallest absolute Gasteiger partial charge is 0.0403 e. The van der Waals surface area contributed by atoms with E-state index in [2.05, 4.69) is 44.2 Å². The van der Waals surface area contributed by atoms with Crippen LogP contribution in [0.4, 0.5) is 11.4 Å². The number of nitrogen functional groups attached to an aromatic ring is 1. The van der Waals surface area contributed by atoms with Crippen LogP contribution in [0.3, 0.4) is 0 Å². The lowest BCUT2D eigenvalue weighted by atomic mass is 9.87. The summed E-state index contributed by atoms with van der Waals surface area (Å²) < 4.78 is 0. The maximum atomic E-state index is 5.91. The molecule has 2 rings (SSSR count). The average Bonchev–Trinajstić information content (AvgIpc) is 2.68. The van der Waals surface area contributed by atoms with E-state index in [-0.39, 0.29) is 5.41 Å². The summed E-state index contributed by atoms with van der Waals surface area (Å²) in [5.41, 5.74) is 9.56. The molecule has 1 aliphatic rings. The molecule has 0 saturated carbocycles. The molecule has 0 unspecified atom stereocenters. The summed E-state index contributed by atoms with van der Waals surface area (Å²) in [6, 6.07) is 6.27. The Morgan fingerprint density at radius 1 is 1.18 bits per heavy atom. The molecule has 2 N–H and O–H groups in total. The van der Waals surface area contributed by atoms with Gasteiger partial charge in [-0.1, -0.05) is 20.8 Å². The van der Waals surface area contributed by atoms with Crippen molar-refractivity contribution in [2.75, 3.05) is 23.7 Å². The predicted octanol–water partition coefficient (Wildman–Crippen LogP) is 3.47. The van der Waals surface area contributed by atoms with Gasteiger partial charge in [-0.25, -0.2) is 0 Å². The summed E-state index contributed by atoms with van der Waals surface area (Å²) in [5, 5.41) is 0. The Balaban J connectivity index is 2.30. The lowest BCUT2D eigenvalue weighted by molar-refractivity contribution is 0.505. The minimum Gasteiger partial charge on any atom is -0.399 e. The van der Waals surface area contributed by atoms with Gasteiger partial charge < -0.3 is 10.6 Å². The quantitative estimate of drug-likeness (QED) is 0.790. The van der Waals surface area contributed by atoms with Gasteiger partial charge in [-0.15, -0.1) is 0 Å². The molecule has 17 heavy (non-hydrogen) atoms. The van der Waals surface area contributed by atoms with Crippen molar-refractivity contribution in [1.29, 1.82) is 0 Å². The number of nitrogens with two attached hydrogens (primary N) is 1. The Labute approximate surface area is 105 Å². The second kappa shape index (κ2) is 4.59. The largest absolute Gasteiger partial charge is 0.399 e. The van der Waals surface area contributed by atoms with E-state index in [1.807, 2.05) is 6.07 Å². The number of hydrogen-bond acceptors (Lipinski definition) is 2. The van der Waals surface area contributed by atoms with Gasteiger partial charge in [0.25, 0.3) is 0 Å². The Bertz CT molecular complexity index is 384. The molecule has 1 saturated heterocycles. The molecule has 2 heteroatoms. The molecule has 0 bridgehead atoms. The molecular weight excluding hydrogens is 208 g/mol. The Kier molecular flexibility index (Phi) is 3.32. The van der Waals surface area contributed by atoms with Crippen molar-refractivity contribution in [3.8, 4) is 0 Å². The minimum atomic E-state index is 0.183. The second-order valence-electron chi connectivity index (χ2n) is 6.02. The topological polar surface area (TPSA) is 29.3 Å².